The van der Waals surface area contributed by atoms with E-state index in [1.807, 2.05) is 0 Å². The van der Waals surface area contributed by atoms with Crippen molar-refractivity contribution in [1.29, 1.82) is 0 Å². The van der Waals surface area contributed by atoms with E-state index in [2.05, 4.69) is 19.2 Å². The fraction of sp³-hybridized carbons (Fsp3) is 0.391. The Morgan fingerprint density at radius 2 is 1.75 bits per heavy atom. The van der Waals surface area contributed by atoms with Gasteiger partial charge in [-0.3, -0.25) is 9.69 Å². The summed E-state index contributed by atoms with van der Waals surface area (Å²) in [6.07, 6.45) is 0.605. The Kier molecular flexibility index (Phi) is 6.21. The number of cyclic esters (lactones) is 1. The first-order chi connectivity index (χ1) is 15.2. The molecule has 0 spiro atoms. The van der Waals surface area contributed by atoms with Gasteiger partial charge in [0.1, 0.15) is 6.61 Å². The number of nitrogens with zero attached hydrogens (tertiary/aromatic N) is 2. The van der Waals surface area contributed by atoms with Gasteiger partial charge in [0.25, 0.3) is 5.91 Å². The number of carbonyl (C=O) groups is 2. The molecule has 0 aliphatic carbocycles. The van der Waals surface area contributed by atoms with Crippen LogP contribution >= 0.6 is 0 Å². The predicted molar refractivity (Wildman–Crippen MR) is 121 cm³/mol. The molecule has 0 radical (unpaired) electrons. The number of hydrogen-bond donors (Lipinski definition) is 1. The van der Waals surface area contributed by atoms with E-state index in [1.54, 1.807) is 24.3 Å². The average Bonchev–Trinajstić information content (AvgIpc) is 3.19. The van der Waals surface area contributed by atoms with Crippen LogP contribution in [0.25, 0.3) is 0 Å². The Hall–Kier alpha value is -2.91. The smallest absolute Gasteiger partial charge is 0.414 e. The minimum Gasteiger partial charge on any atom is -0.447 e. The molecular weight excluding hydrogens is 430 g/mol. The molecule has 2 saturated heterocycles. The van der Waals surface area contributed by atoms with E-state index in [-0.39, 0.29) is 10.8 Å². The second-order valence-electron chi connectivity index (χ2n) is 8.56. The maximum absolute atomic E-state index is 13.0. The molecule has 32 heavy (non-hydrogen) atoms. The van der Waals surface area contributed by atoms with Gasteiger partial charge < -0.3 is 10.1 Å². The summed E-state index contributed by atoms with van der Waals surface area (Å²) in [5.41, 5.74) is 1.51. The van der Waals surface area contributed by atoms with E-state index in [0.717, 1.165) is 6.42 Å². The second-order valence-corrected chi connectivity index (χ2v) is 10.5. The first-order valence-corrected chi connectivity index (χ1v) is 12.1. The molecule has 2 amide bonds. The van der Waals surface area contributed by atoms with Crippen LogP contribution in [0.3, 0.4) is 0 Å². The van der Waals surface area contributed by atoms with E-state index < -0.39 is 16.1 Å². The quantitative estimate of drug-likeness (QED) is 0.741. The van der Waals surface area contributed by atoms with Crippen molar-refractivity contribution < 1.29 is 22.7 Å². The number of benzene rings is 2. The van der Waals surface area contributed by atoms with Crippen LogP contribution in [-0.2, 0) is 14.8 Å². The van der Waals surface area contributed by atoms with Crippen LogP contribution in [0.4, 0.5) is 16.2 Å². The Labute approximate surface area is 188 Å². The average molecular weight is 458 g/mol. The van der Waals surface area contributed by atoms with Gasteiger partial charge in [-0.05, 0) is 60.7 Å². The van der Waals surface area contributed by atoms with E-state index in [1.165, 1.54) is 33.5 Å². The van der Waals surface area contributed by atoms with E-state index in [4.69, 9.17) is 4.74 Å². The molecule has 9 heteroatoms. The summed E-state index contributed by atoms with van der Waals surface area (Å²) in [4.78, 5) is 26.1. The number of carbonyl (C=O) groups excluding carboxylic acids is 2. The standard InChI is InChI=1S/C23H27N3O5S/c1-16-12-17(2)15-25(14-16)32(29,30)21-8-6-18(7-9-21)22(27)24-19-4-3-5-20(13-19)26-10-11-31-23(26)28/h3-9,13,16-17H,10-12,14-15H2,1-2H3,(H,24,27). The highest BCUT2D eigenvalue weighted by Gasteiger charge is 2.31. The van der Waals surface area contributed by atoms with Crippen molar-refractivity contribution in [3.05, 3.63) is 54.1 Å². The van der Waals surface area contributed by atoms with Crippen LogP contribution in [0.2, 0.25) is 0 Å². The lowest BCUT2D eigenvalue weighted by Gasteiger charge is -2.34. The highest BCUT2D eigenvalue weighted by atomic mass is 32.2. The molecule has 2 fully saturated rings. The summed E-state index contributed by atoms with van der Waals surface area (Å²) in [5.74, 6) is 0.267. The maximum atomic E-state index is 13.0. The Bertz CT molecular complexity index is 1110. The number of ether oxygens (including phenoxy) is 1. The summed E-state index contributed by atoms with van der Waals surface area (Å²) < 4.78 is 32.5. The number of sulfonamides is 1. The minimum atomic E-state index is -3.60. The van der Waals surface area contributed by atoms with Gasteiger partial charge in [0.05, 0.1) is 11.4 Å². The Morgan fingerprint density at radius 3 is 2.38 bits per heavy atom. The van der Waals surface area contributed by atoms with Crippen molar-refractivity contribution in [2.24, 2.45) is 11.8 Å². The van der Waals surface area contributed by atoms with Crippen molar-refractivity contribution in [2.45, 2.75) is 25.2 Å². The topological polar surface area (TPSA) is 96.0 Å². The second kappa shape index (κ2) is 8.91. The summed E-state index contributed by atoms with van der Waals surface area (Å²) in [6, 6.07) is 12.9. The zero-order chi connectivity index (χ0) is 22.9. The molecule has 8 nitrogen and oxygen atoms in total. The molecule has 4 rings (SSSR count). The molecule has 0 aromatic heterocycles. The number of hydrogen-bond acceptors (Lipinski definition) is 5. The normalized spacial score (nSPS) is 21.9. The lowest BCUT2D eigenvalue weighted by atomic mass is 9.94. The largest absolute Gasteiger partial charge is 0.447 e. The molecule has 2 aromatic carbocycles. The van der Waals surface area contributed by atoms with Gasteiger partial charge in [-0.25, -0.2) is 13.2 Å². The van der Waals surface area contributed by atoms with Crippen LogP contribution in [0, 0.1) is 11.8 Å². The van der Waals surface area contributed by atoms with Crippen molar-refractivity contribution >= 4 is 33.4 Å². The number of rotatable bonds is 5. The SMILES string of the molecule is CC1CC(C)CN(S(=O)(=O)c2ccc(C(=O)Nc3cccc(N4CCOC4=O)c3)cc2)C1. The van der Waals surface area contributed by atoms with Crippen LogP contribution < -0.4 is 10.2 Å². The third-order valence-electron chi connectivity index (χ3n) is 5.77. The summed E-state index contributed by atoms with van der Waals surface area (Å²) >= 11 is 0. The molecule has 2 aliphatic heterocycles. The zero-order valence-electron chi connectivity index (χ0n) is 18.2. The van der Waals surface area contributed by atoms with Gasteiger partial charge in [-0.2, -0.15) is 4.31 Å². The third kappa shape index (κ3) is 4.63. The molecule has 2 atom stereocenters. The van der Waals surface area contributed by atoms with E-state index in [0.29, 0.717) is 55.0 Å². The van der Waals surface area contributed by atoms with Gasteiger partial charge in [-0.1, -0.05) is 19.9 Å². The number of amides is 2. The third-order valence-corrected chi connectivity index (χ3v) is 7.61. The van der Waals surface area contributed by atoms with Gasteiger partial charge in [0, 0.05) is 30.0 Å². The molecule has 2 aromatic rings. The van der Waals surface area contributed by atoms with E-state index in [9.17, 15) is 18.0 Å². The lowest BCUT2D eigenvalue weighted by molar-refractivity contribution is 0.102. The van der Waals surface area contributed by atoms with Crippen LogP contribution in [0.15, 0.2) is 53.4 Å². The van der Waals surface area contributed by atoms with Crippen molar-refractivity contribution in [1.82, 2.24) is 4.31 Å². The highest BCUT2D eigenvalue weighted by molar-refractivity contribution is 7.89. The van der Waals surface area contributed by atoms with Crippen molar-refractivity contribution in [2.75, 3.05) is 36.5 Å². The van der Waals surface area contributed by atoms with Crippen molar-refractivity contribution in [3.63, 3.8) is 0 Å². The highest BCUT2D eigenvalue weighted by Crippen LogP contribution is 2.27. The summed E-state index contributed by atoms with van der Waals surface area (Å²) in [5, 5.41) is 2.79. The molecule has 2 heterocycles. The molecule has 0 saturated carbocycles. The molecule has 0 bridgehead atoms. The van der Waals surface area contributed by atoms with Gasteiger partial charge in [-0.15, -0.1) is 0 Å². The Balaban J connectivity index is 1.46. The lowest BCUT2D eigenvalue weighted by Crippen LogP contribution is -2.42. The summed E-state index contributed by atoms with van der Waals surface area (Å²) in [6.45, 7) is 5.94. The molecular formula is C23H27N3O5S. The maximum Gasteiger partial charge on any atom is 0.414 e. The van der Waals surface area contributed by atoms with E-state index >= 15 is 0 Å². The van der Waals surface area contributed by atoms with Crippen LogP contribution in [0.1, 0.15) is 30.6 Å². The number of piperidine rings is 1. The first-order valence-electron chi connectivity index (χ1n) is 10.7. The summed E-state index contributed by atoms with van der Waals surface area (Å²) in [7, 11) is -3.60. The predicted octanol–water partition coefficient (Wildman–Crippen LogP) is 3.56. The van der Waals surface area contributed by atoms with Gasteiger partial charge in [0.2, 0.25) is 10.0 Å². The molecule has 170 valence electrons. The Morgan fingerprint density at radius 1 is 1.06 bits per heavy atom. The minimum absolute atomic E-state index is 0.185. The van der Waals surface area contributed by atoms with Crippen LogP contribution in [-0.4, -0.2) is 51.0 Å². The number of nitrogens with one attached hydrogen (secondary N) is 1. The number of anilines is 2. The zero-order valence-corrected chi connectivity index (χ0v) is 19.0. The molecule has 2 unspecified atom stereocenters. The van der Waals surface area contributed by atoms with Gasteiger partial charge >= 0.3 is 6.09 Å². The fourth-order valence-corrected chi connectivity index (χ4v) is 5.99. The van der Waals surface area contributed by atoms with Crippen molar-refractivity contribution in [3.8, 4) is 0 Å². The molecule has 2 aliphatic rings. The van der Waals surface area contributed by atoms with Crippen LogP contribution in [0.5, 0.6) is 0 Å². The van der Waals surface area contributed by atoms with Gasteiger partial charge in [0.15, 0.2) is 0 Å². The first kappa shape index (κ1) is 22.3. The monoisotopic (exact) mass is 457 g/mol. The fourth-order valence-electron chi connectivity index (χ4n) is 4.31. The molecule has 1 N–H and O–H groups in total.